The lowest BCUT2D eigenvalue weighted by molar-refractivity contribution is 0.564. The van der Waals surface area contributed by atoms with E-state index >= 15 is 0 Å². The van der Waals surface area contributed by atoms with Crippen molar-refractivity contribution in [3.8, 4) is 0 Å². The summed E-state index contributed by atoms with van der Waals surface area (Å²) in [6.45, 7) is 0. The minimum atomic E-state index is 0.519. The van der Waals surface area contributed by atoms with Gasteiger partial charge in [-0.3, -0.25) is 4.68 Å². The Balaban J connectivity index is 3.07. The number of rotatable bonds is 1. The second-order valence-corrected chi connectivity index (χ2v) is 1.52. The van der Waals surface area contributed by atoms with Crippen LogP contribution in [0.25, 0.3) is 0 Å². The van der Waals surface area contributed by atoms with Crippen LogP contribution in [-0.2, 0) is 11.8 Å². The Labute approximate surface area is 51.8 Å². The molecule has 0 aromatic carbocycles. The van der Waals surface area contributed by atoms with E-state index in [0.29, 0.717) is 5.82 Å². The molecule has 0 fully saturated rings. The van der Waals surface area contributed by atoms with E-state index in [1.165, 1.54) is 10.8 Å². The maximum absolute atomic E-state index is 9.69. The number of aryl methyl sites for hydroxylation is 1. The fourth-order valence-corrected chi connectivity index (χ4v) is 0.523. The van der Waals surface area contributed by atoms with Gasteiger partial charge in [-0.2, -0.15) is 5.10 Å². The van der Waals surface area contributed by atoms with Gasteiger partial charge in [0.15, 0.2) is 5.82 Å². The summed E-state index contributed by atoms with van der Waals surface area (Å²) in [5.41, 5.74) is 0. The third-order valence-corrected chi connectivity index (χ3v) is 0.955. The topological polar surface area (TPSA) is 47.2 Å². The molecule has 0 bridgehead atoms. The Hall–Kier alpha value is -1.41. The normalized spacial score (nSPS) is 8.56. The summed E-state index contributed by atoms with van der Waals surface area (Å²) in [5.74, 6) is 0.519. The summed E-state index contributed by atoms with van der Waals surface area (Å²) < 4.78 is 1.49. The standard InChI is InChI=1S/C5H5N3O/c1-8-5(6-4-9)2-3-7-8/h2-3H,1H3. The molecule has 0 aliphatic rings. The van der Waals surface area contributed by atoms with Crippen molar-refractivity contribution in [2.24, 2.45) is 12.0 Å². The van der Waals surface area contributed by atoms with Gasteiger partial charge in [0.05, 0.1) is 6.20 Å². The molecule has 1 aromatic heterocycles. The van der Waals surface area contributed by atoms with E-state index in [9.17, 15) is 4.79 Å². The average Bonchev–Trinajstić information content (AvgIpc) is 2.18. The van der Waals surface area contributed by atoms with Gasteiger partial charge in [0, 0.05) is 13.1 Å². The number of hydrogen-bond acceptors (Lipinski definition) is 3. The van der Waals surface area contributed by atoms with E-state index in [4.69, 9.17) is 0 Å². The van der Waals surface area contributed by atoms with E-state index in [-0.39, 0.29) is 0 Å². The highest BCUT2D eigenvalue weighted by Gasteiger charge is 1.90. The van der Waals surface area contributed by atoms with Crippen LogP contribution in [0, 0.1) is 0 Å². The number of carbonyl (C=O) groups excluding carboxylic acids is 1. The first-order chi connectivity index (χ1) is 4.34. The van der Waals surface area contributed by atoms with Gasteiger partial charge < -0.3 is 0 Å². The number of isocyanates is 1. The van der Waals surface area contributed by atoms with E-state index in [0.717, 1.165) is 0 Å². The molecule has 0 saturated carbocycles. The van der Waals surface area contributed by atoms with Crippen LogP contribution in [0.3, 0.4) is 0 Å². The van der Waals surface area contributed by atoms with Crippen molar-refractivity contribution in [1.29, 1.82) is 0 Å². The first-order valence-electron chi connectivity index (χ1n) is 2.40. The van der Waals surface area contributed by atoms with Gasteiger partial charge in [-0.1, -0.05) is 0 Å². The Kier molecular flexibility index (Phi) is 1.42. The molecular formula is C5H5N3O. The van der Waals surface area contributed by atoms with Gasteiger partial charge in [-0.15, -0.1) is 4.99 Å². The van der Waals surface area contributed by atoms with Crippen molar-refractivity contribution in [2.45, 2.75) is 0 Å². The zero-order valence-corrected chi connectivity index (χ0v) is 4.90. The van der Waals surface area contributed by atoms with Crippen LogP contribution in [0.5, 0.6) is 0 Å². The molecule has 0 aliphatic heterocycles. The van der Waals surface area contributed by atoms with Crippen molar-refractivity contribution >= 4 is 11.9 Å². The maximum Gasteiger partial charge on any atom is 0.242 e. The lowest BCUT2D eigenvalue weighted by Crippen LogP contribution is -1.86. The number of aliphatic imine (C=N–C) groups is 1. The van der Waals surface area contributed by atoms with E-state index in [1.54, 1.807) is 19.3 Å². The second kappa shape index (κ2) is 2.24. The molecule has 0 N–H and O–H groups in total. The monoisotopic (exact) mass is 123 g/mol. The van der Waals surface area contributed by atoms with Gasteiger partial charge in [0.25, 0.3) is 0 Å². The largest absolute Gasteiger partial charge is 0.250 e. The molecule has 1 aromatic rings. The predicted octanol–water partition coefficient (Wildman–Crippen LogP) is 0.387. The van der Waals surface area contributed by atoms with Crippen LogP contribution in [0.4, 0.5) is 5.82 Å². The van der Waals surface area contributed by atoms with Crippen molar-refractivity contribution < 1.29 is 4.79 Å². The summed E-state index contributed by atoms with van der Waals surface area (Å²) in [4.78, 5) is 13.1. The zero-order valence-electron chi connectivity index (χ0n) is 4.90. The Bertz CT molecular complexity index is 246. The third-order valence-electron chi connectivity index (χ3n) is 0.955. The van der Waals surface area contributed by atoms with Crippen LogP contribution >= 0.6 is 0 Å². The molecule has 0 saturated heterocycles. The van der Waals surface area contributed by atoms with Crippen LogP contribution in [0.15, 0.2) is 17.3 Å². The molecule has 0 aliphatic carbocycles. The lowest BCUT2D eigenvalue weighted by Gasteiger charge is -1.86. The molecule has 0 unspecified atom stereocenters. The molecule has 4 nitrogen and oxygen atoms in total. The summed E-state index contributed by atoms with van der Waals surface area (Å²) >= 11 is 0. The maximum atomic E-state index is 9.69. The van der Waals surface area contributed by atoms with Crippen molar-refractivity contribution in [2.75, 3.05) is 0 Å². The molecule has 4 heteroatoms. The van der Waals surface area contributed by atoms with Crippen LogP contribution in [0.1, 0.15) is 0 Å². The van der Waals surface area contributed by atoms with Gasteiger partial charge >= 0.3 is 0 Å². The average molecular weight is 123 g/mol. The third kappa shape index (κ3) is 1.03. The summed E-state index contributed by atoms with van der Waals surface area (Å²) in [6, 6.07) is 1.63. The van der Waals surface area contributed by atoms with Crippen molar-refractivity contribution in [1.82, 2.24) is 9.78 Å². The SMILES string of the molecule is Cn1nccc1N=C=O. The predicted molar refractivity (Wildman–Crippen MR) is 31.0 cm³/mol. The van der Waals surface area contributed by atoms with Gasteiger partial charge in [-0.25, -0.2) is 4.79 Å². The molecule has 1 rings (SSSR count). The molecule has 0 spiro atoms. The highest BCUT2D eigenvalue weighted by atomic mass is 16.1. The van der Waals surface area contributed by atoms with E-state index in [1.807, 2.05) is 0 Å². The van der Waals surface area contributed by atoms with Crippen molar-refractivity contribution in [3.63, 3.8) is 0 Å². The highest BCUT2D eigenvalue weighted by Crippen LogP contribution is 2.05. The highest BCUT2D eigenvalue weighted by molar-refractivity contribution is 5.43. The van der Waals surface area contributed by atoms with E-state index in [2.05, 4.69) is 10.1 Å². The van der Waals surface area contributed by atoms with Gasteiger partial charge in [0.2, 0.25) is 6.08 Å². The van der Waals surface area contributed by atoms with Crippen molar-refractivity contribution in [3.05, 3.63) is 12.3 Å². The summed E-state index contributed by atoms with van der Waals surface area (Å²) in [7, 11) is 1.70. The van der Waals surface area contributed by atoms with Crippen LogP contribution in [-0.4, -0.2) is 15.9 Å². The number of nitrogens with zero attached hydrogens (tertiary/aromatic N) is 3. The number of aromatic nitrogens is 2. The fraction of sp³-hybridized carbons (Fsp3) is 0.200. The molecule has 0 atom stereocenters. The molecule has 46 valence electrons. The Morgan fingerprint density at radius 1 is 1.89 bits per heavy atom. The van der Waals surface area contributed by atoms with Gasteiger partial charge in [0.1, 0.15) is 0 Å². The quantitative estimate of drug-likeness (QED) is 0.400. The molecule has 9 heavy (non-hydrogen) atoms. The zero-order chi connectivity index (χ0) is 6.69. The fourth-order valence-electron chi connectivity index (χ4n) is 0.523. The van der Waals surface area contributed by atoms with Crippen LogP contribution < -0.4 is 0 Å². The second-order valence-electron chi connectivity index (χ2n) is 1.52. The molecular weight excluding hydrogens is 118 g/mol. The smallest absolute Gasteiger partial charge is 0.242 e. The first kappa shape index (κ1) is 5.72. The summed E-state index contributed by atoms with van der Waals surface area (Å²) in [5, 5.41) is 3.78. The minimum absolute atomic E-state index is 0.519. The van der Waals surface area contributed by atoms with Gasteiger partial charge in [-0.05, 0) is 0 Å². The van der Waals surface area contributed by atoms with E-state index < -0.39 is 0 Å². The first-order valence-corrected chi connectivity index (χ1v) is 2.40. The molecule has 1 heterocycles. The number of hydrogen-bond donors (Lipinski definition) is 0. The summed E-state index contributed by atoms with van der Waals surface area (Å²) in [6.07, 6.45) is 2.99. The molecule has 0 amide bonds. The lowest BCUT2D eigenvalue weighted by atomic mass is 10.6. The Morgan fingerprint density at radius 2 is 2.67 bits per heavy atom. The molecule has 0 radical (unpaired) electrons. The van der Waals surface area contributed by atoms with Crippen LogP contribution in [0.2, 0.25) is 0 Å². The Morgan fingerprint density at radius 3 is 3.11 bits per heavy atom. The minimum Gasteiger partial charge on any atom is -0.250 e.